The van der Waals surface area contributed by atoms with E-state index in [1.165, 1.54) is 54.5 Å². The Balaban J connectivity index is 0.00000529. The first-order valence-electron chi connectivity index (χ1n) is 16.2. The van der Waals surface area contributed by atoms with E-state index in [4.69, 9.17) is 5.73 Å². The Morgan fingerprint density at radius 2 is 1.43 bits per heavy atom. The van der Waals surface area contributed by atoms with Crippen molar-refractivity contribution < 1.29 is 4.79 Å². The van der Waals surface area contributed by atoms with Gasteiger partial charge in [0.2, 0.25) is 5.95 Å². The Morgan fingerprint density at radius 3 is 2.16 bits per heavy atom. The SMILES string of the molecule is CCCCCc1ccc(C(=O)NCCn2cc(CCCCCc3cnc(N)n3Cc3ccc(CCCC)cc3)nn2)cc1.Cl. The third-order valence-electron chi connectivity index (χ3n) is 8.02. The van der Waals surface area contributed by atoms with Crippen LogP contribution in [0.2, 0.25) is 0 Å². The molecule has 4 rings (SSSR count). The average Bonchev–Trinajstić information content (AvgIpc) is 3.62. The Kier molecular flexibility index (Phi) is 15.0. The van der Waals surface area contributed by atoms with Gasteiger partial charge in [-0.1, -0.05) is 81.1 Å². The summed E-state index contributed by atoms with van der Waals surface area (Å²) in [5.41, 5.74) is 13.0. The largest absolute Gasteiger partial charge is 0.369 e. The number of nitrogens with two attached hydrogens (primary N) is 1. The number of carbonyl (C=O) groups is 1. The Bertz CT molecular complexity index is 1380. The molecule has 3 N–H and O–H groups in total. The summed E-state index contributed by atoms with van der Waals surface area (Å²) in [6.45, 7) is 6.30. The first-order chi connectivity index (χ1) is 21.1. The first-order valence-corrected chi connectivity index (χ1v) is 16.2. The highest BCUT2D eigenvalue weighted by atomic mass is 35.5. The van der Waals surface area contributed by atoms with Gasteiger partial charge < -0.3 is 15.6 Å². The lowest BCUT2D eigenvalue weighted by Gasteiger charge is -2.11. The van der Waals surface area contributed by atoms with Gasteiger partial charge in [0, 0.05) is 24.0 Å². The van der Waals surface area contributed by atoms with Crippen molar-refractivity contribution in [1.82, 2.24) is 29.9 Å². The Hall–Kier alpha value is -3.65. The van der Waals surface area contributed by atoms with Gasteiger partial charge in [-0.3, -0.25) is 9.48 Å². The fourth-order valence-corrected chi connectivity index (χ4v) is 5.32. The van der Waals surface area contributed by atoms with Crippen molar-refractivity contribution in [2.24, 2.45) is 0 Å². The minimum absolute atomic E-state index is 0. The van der Waals surface area contributed by atoms with Gasteiger partial charge in [0.1, 0.15) is 0 Å². The van der Waals surface area contributed by atoms with Crippen LogP contribution < -0.4 is 11.1 Å². The number of halogens is 1. The highest BCUT2D eigenvalue weighted by Crippen LogP contribution is 2.16. The molecule has 238 valence electrons. The van der Waals surface area contributed by atoms with Crippen LogP contribution in [0.1, 0.15) is 104 Å². The fraction of sp³-hybridized carbons (Fsp3) is 0.486. The van der Waals surface area contributed by atoms with E-state index in [1.54, 1.807) is 0 Å². The highest BCUT2D eigenvalue weighted by molar-refractivity contribution is 5.94. The number of aryl methyl sites for hydroxylation is 4. The summed E-state index contributed by atoms with van der Waals surface area (Å²) in [4.78, 5) is 16.9. The van der Waals surface area contributed by atoms with E-state index in [0.29, 0.717) is 24.6 Å². The molecule has 1 amide bonds. The van der Waals surface area contributed by atoms with Crippen LogP contribution in [0.5, 0.6) is 0 Å². The van der Waals surface area contributed by atoms with Gasteiger partial charge in [0.05, 0.1) is 25.0 Å². The number of hydrogen-bond acceptors (Lipinski definition) is 5. The molecule has 44 heavy (non-hydrogen) atoms. The van der Waals surface area contributed by atoms with Crippen LogP contribution in [0, 0.1) is 0 Å². The quantitative estimate of drug-likeness (QED) is 0.110. The van der Waals surface area contributed by atoms with Crippen LogP contribution in [0.25, 0.3) is 0 Å². The Morgan fingerprint density at radius 1 is 0.795 bits per heavy atom. The molecular weight excluding hydrogens is 570 g/mol. The molecular formula is C35H50ClN7O. The first kappa shape index (κ1) is 34.8. The molecule has 0 saturated carbocycles. The molecule has 8 nitrogen and oxygen atoms in total. The molecule has 0 aliphatic carbocycles. The van der Waals surface area contributed by atoms with Gasteiger partial charge in [-0.15, -0.1) is 17.5 Å². The summed E-state index contributed by atoms with van der Waals surface area (Å²) in [6, 6.07) is 16.8. The number of aromatic nitrogens is 5. The minimum Gasteiger partial charge on any atom is -0.369 e. The standard InChI is InChI=1S/C35H49N7O.ClH/c1-3-5-8-12-29-19-21-31(22-20-29)34(43)37-23-24-41-27-32(39-40-41)13-9-7-10-14-33-25-38-35(36)42(33)26-30-17-15-28(16-18-30)11-6-4-2;/h15-22,25,27H,3-14,23-24,26H2,1-2H3,(H2,36,38)(H,37,43);1H. The van der Waals surface area contributed by atoms with Crippen LogP contribution in [0.4, 0.5) is 5.95 Å². The smallest absolute Gasteiger partial charge is 0.251 e. The summed E-state index contributed by atoms with van der Waals surface area (Å²) >= 11 is 0. The molecule has 0 fully saturated rings. The van der Waals surface area contributed by atoms with Crippen molar-refractivity contribution in [1.29, 1.82) is 0 Å². The van der Waals surface area contributed by atoms with E-state index in [0.717, 1.165) is 57.2 Å². The summed E-state index contributed by atoms with van der Waals surface area (Å²) in [7, 11) is 0. The highest BCUT2D eigenvalue weighted by Gasteiger charge is 2.09. The number of rotatable bonds is 19. The molecule has 0 aliphatic rings. The number of anilines is 1. The molecule has 2 aromatic carbocycles. The lowest BCUT2D eigenvalue weighted by molar-refractivity contribution is 0.0952. The summed E-state index contributed by atoms with van der Waals surface area (Å²) < 4.78 is 3.94. The molecule has 0 unspecified atom stereocenters. The average molecular weight is 620 g/mol. The number of nitrogens with zero attached hydrogens (tertiary/aromatic N) is 5. The van der Waals surface area contributed by atoms with E-state index in [9.17, 15) is 4.79 Å². The van der Waals surface area contributed by atoms with Gasteiger partial charge in [-0.2, -0.15) is 0 Å². The van der Waals surface area contributed by atoms with Crippen molar-refractivity contribution in [2.45, 2.75) is 104 Å². The Labute approximate surface area is 269 Å². The molecule has 0 atom stereocenters. The zero-order valence-corrected chi connectivity index (χ0v) is 27.3. The third-order valence-corrected chi connectivity index (χ3v) is 8.02. The van der Waals surface area contributed by atoms with Crippen LogP contribution in [-0.2, 0) is 38.8 Å². The van der Waals surface area contributed by atoms with Gasteiger partial charge in [0.25, 0.3) is 5.91 Å². The maximum Gasteiger partial charge on any atom is 0.251 e. The van der Waals surface area contributed by atoms with E-state index < -0.39 is 0 Å². The predicted molar refractivity (Wildman–Crippen MR) is 181 cm³/mol. The van der Waals surface area contributed by atoms with Crippen LogP contribution in [0.3, 0.4) is 0 Å². The number of unbranched alkanes of at least 4 members (excludes halogenated alkanes) is 5. The van der Waals surface area contributed by atoms with E-state index in [-0.39, 0.29) is 18.3 Å². The number of nitrogen functional groups attached to an aromatic ring is 1. The molecule has 2 aromatic heterocycles. The maximum absolute atomic E-state index is 12.5. The topological polar surface area (TPSA) is 104 Å². The van der Waals surface area contributed by atoms with Gasteiger partial charge >= 0.3 is 0 Å². The second-order valence-electron chi connectivity index (χ2n) is 11.6. The molecule has 0 spiro atoms. The number of carbonyl (C=O) groups excluding carboxylic acids is 1. The van der Waals surface area contributed by atoms with Crippen molar-refractivity contribution in [3.8, 4) is 0 Å². The van der Waals surface area contributed by atoms with E-state index in [1.807, 2.05) is 29.2 Å². The lowest BCUT2D eigenvalue weighted by Crippen LogP contribution is -2.27. The van der Waals surface area contributed by atoms with Crippen molar-refractivity contribution >= 4 is 24.3 Å². The summed E-state index contributed by atoms with van der Waals surface area (Å²) in [5, 5.41) is 11.6. The molecule has 4 aromatic rings. The van der Waals surface area contributed by atoms with Crippen molar-refractivity contribution in [3.63, 3.8) is 0 Å². The summed E-state index contributed by atoms with van der Waals surface area (Å²) in [5.74, 6) is 0.525. The maximum atomic E-state index is 12.5. The van der Waals surface area contributed by atoms with Crippen molar-refractivity contribution in [3.05, 3.63) is 94.6 Å². The number of nitrogens with one attached hydrogen (secondary N) is 1. The zero-order valence-electron chi connectivity index (χ0n) is 26.5. The van der Waals surface area contributed by atoms with E-state index >= 15 is 0 Å². The number of benzene rings is 2. The van der Waals surface area contributed by atoms with Gasteiger partial charge in [0.15, 0.2) is 0 Å². The second-order valence-corrected chi connectivity index (χ2v) is 11.6. The minimum atomic E-state index is -0.0520. The molecule has 0 bridgehead atoms. The molecule has 9 heteroatoms. The second kappa shape index (κ2) is 18.9. The van der Waals surface area contributed by atoms with Crippen LogP contribution >= 0.6 is 12.4 Å². The number of hydrogen-bond donors (Lipinski definition) is 2. The number of imidazole rings is 1. The van der Waals surface area contributed by atoms with E-state index in [2.05, 4.69) is 75.4 Å². The molecule has 2 heterocycles. The monoisotopic (exact) mass is 619 g/mol. The zero-order chi connectivity index (χ0) is 30.3. The molecule has 0 radical (unpaired) electrons. The molecule has 0 saturated heterocycles. The van der Waals surface area contributed by atoms with Crippen LogP contribution in [-0.4, -0.2) is 37.0 Å². The van der Waals surface area contributed by atoms with Crippen LogP contribution in [0.15, 0.2) is 60.9 Å². The predicted octanol–water partition coefficient (Wildman–Crippen LogP) is 6.99. The van der Waals surface area contributed by atoms with Crippen molar-refractivity contribution in [2.75, 3.05) is 12.3 Å². The fourth-order valence-electron chi connectivity index (χ4n) is 5.32. The third kappa shape index (κ3) is 11.1. The lowest BCUT2D eigenvalue weighted by atomic mass is 10.1. The normalized spacial score (nSPS) is 11.0. The molecule has 0 aliphatic heterocycles. The van der Waals surface area contributed by atoms with Gasteiger partial charge in [-0.05, 0) is 80.2 Å². The van der Waals surface area contributed by atoms with Gasteiger partial charge in [-0.25, -0.2) is 4.98 Å². The number of amides is 1. The summed E-state index contributed by atoms with van der Waals surface area (Å²) in [6.07, 6.45) is 17.3.